The van der Waals surface area contributed by atoms with Gasteiger partial charge in [-0.2, -0.15) is 4.37 Å². The van der Waals surface area contributed by atoms with Crippen molar-refractivity contribution in [2.75, 3.05) is 11.9 Å². The average molecular weight is 247 g/mol. The Balaban J connectivity index is 1.69. The van der Waals surface area contributed by atoms with Gasteiger partial charge in [0.2, 0.25) is 5.13 Å². The van der Waals surface area contributed by atoms with Gasteiger partial charge in [0.1, 0.15) is 5.82 Å². The molecule has 0 unspecified atom stereocenters. The largest absolute Gasteiger partial charge is 0.360 e. The minimum Gasteiger partial charge on any atom is -0.360 e. The number of nitrogens with zero attached hydrogens (tertiary/aromatic N) is 2. The lowest BCUT2D eigenvalue weighted by atomic mass is 10.1. The Hall–Kier alpha value is -1.42. The van der Waals surface area contributed by atoms with Gasteiger partial charge < -0.3 is 5.32 Å². The van der Waals surface area contributed by atoms with Gasteiger partial charge in [0.05, 0.1) is 0 Å². The number of nitrogens with one attached hydrogen (secondary N) is 1. The maximum atomic E-state index is 4.37. The molecule has 90 valence electrons. The number of aryl methyl sites for hydroxylation is 2. The number of anilines is 1. The lowest BCUT2D eigenvalue weighted by Gasteiger charge is -2.02. The summed E-state index contributed by atoms with van der Waals surface area (Å²) in [7, 11) is 0. The predicted octanol–water partition coefficient (Wildman–Crippen LogP) is 3.15. The highest BCUT2D eigenvalue weighted by atomic mass is 32.1. The summed E-state index contributed by atoms with van der Waals surface area (Å²) in [6.45, 7) is 3.02. The molecular formula is C13H17N3S. The Labute approximate surface area is 106 Å². The Kier molecular flexibility index (Phi) is 4.50. The third-order valence-corrected chi connectivity index (χ3v) is 3.26. The van der Waals surface area contributed by atoms with E-state index in [0.717, 1.165) is 36.8 Å². The highest BCUT2D eigenvalue weighted by Crippen LogP contribution is 2.11. The summed E-state index contributed by atoms with van der Waals surface area (Å²) >= 11 is 1.45. The number of hydrogen-bond donors (Lipinski definition) is 1. The van der Waals surface area contributed by atoms with Gasteiger partial charge in [0.25, 0.3) is 0 Å². The van der Waals surface area contributed by atoms with Crippen LogP contribution in [0, 0.1) is 0 Å². The first kappa shape index (κ1) is 12.0. The van der Waals surface area contributed by atoms with Crippen molar-refractivity contribution < 1.29 is 0 Å². The minimum atomic E-state index is 0.905. The van der Waals surface area contributed by atoms with E-state index in [9.17, 15) is 0 Å². The van der Waals surface area contributed by atoms with E-state index in [-0.39, 0.29) is 0 Å². The molecule has 1 aromatic carbocycles. The van der Waals surface area contributed by atoms with E-state index in [2.05, 4.69) is 51.9 Å². The molecule has 1 aromatic heterocycles. The van der Waals surface area contributed by atoms with Crippen LogP contribution in [0.3, 0.4) is 0 Å². The summed E-state index contributed by atoms with van der Waals surface area (Å²) < 4.78 is 4.24. The van der Waals surface area contributed by atoms with Crippen molar-refractivity contribution in [1.82, 2.24) is 9.36 Å². The fourth-order valence-corrected chi connectivity index (χ4v) is 2.28. The van der Waals surface area contributed by atoms with Crippen molar-refractivity contribution in [3.63, 3.8) is 0 Å². The van der Waals surface area contributed by atoms with Gasteiger partial charge >= 0.3 is 0 Å². The summed E-state index contributed by atoms with van der Waals surface area (Å²) in [5.41, 5.74) is 1.39. The van der Waals surface area contributed by atoms with Gasteiger partial charge in [-0.15, -0.1) is 0 Å². The Morgan fingerprint density at radius 3 is 2.76 bits per heavy atom. The minimum absolute atomic E-state index is 0.905. The third kappa shape index (κ3) is 3.82. The molecule has 0 radical (unpaired) electrons. The molecule has 0 aliphatic heterocycles. The molecule has 2 aromatic rings. The van der Waals surface area contributed by atoms with Crippen LogP contribution in [-0.4, -0.2) is 15.9 Å². The summed E-state index contributed by atoms with van der Waals surface area (Å²) in [6, 6.07) is 10.6. The lowest BCUT2D eigenvalue weighted by molar-refractivity contribution is 0.860. The van der Waals surface area contributed by atoms with Crippen molar-refractivity contribution in [3.05, 3.63) is 41.7 Å². The molecule has 0 aliphatic carbocycles. The Morgan fingerprint density at radius 1 is 1.24 bits per heavy atom. The molecule has 0 amide bonds. The second-order valence-corrected chi connectivity index (χ2v) is 4.64. The summed E-state index contributed by atoms with van der Waals surface area (Å²) in [5, 5.41) is 4.25. The molecule has 0 fully saturated rings. The fourth-order valence-electron chi connectivity index (χ4n) is 1.60. The number of benzene rings is 1. The van der Waals surface area contributed by atoms with Crippen LogP contribution >= 0.6 is 11.5 Å². The molecule has 4 heteroatoms. The molecule has 0 aliphatic rings. The van der Waals surface area contributed by atoms with Crippen LogP contribution in [-0.2, 0) is 12.8 Å². The van der Waals surface area contributed by atoms with Crippen molar-refractivity contribution in [3.8, 4) is 0 Å². The zero-order chi connectivity index (χ0) is 11.9. The predicted molar refractivity (Wildman–Crippen MR) is 72.5 cm³/mol. The van der Waals surface area contributed by atoms with E-state index in [1.807, 2.05) is 0 Å². The van der Waals surface area contributed by atoms with Gasteiger partial charge in [0.15, 0.2) is 0 Å². The monoisotopic (exact) mass is 247 g/mol. The zero-order valence-corrected chi connectivity index (χ0v) is 10.8. The molecule has 1 N–H and O–H groups in total. The maximum Gasteiger partial charge on any atom is 0.202 e. The highest BCUT2D eigenvalue weighted by Gasteiger charge is 2.00. The first-order chi connectivity index (χ1) is 8.38. The van der Waals surface area contributed by atoms with Gasteiger partial charge in [-0.3, -0.25) is 0 Å². The third-order valence-electron chi connectivity index (χ3n) is 2.55. The second kappa shape index (κ2) is 6.35. The van der Waals surface area contributed by atoms with Gasteiger partial charge in [-0.1, -0.05) is 37.3 Å². The van der Waals surface area contributed by atoms with Crippen LogP contribution in [0.15, 0.2) is 30.3 Å². The van der Waals surface area contributed by atoms with Crippen LogP contribution in [0.2, 0.25) is 0 Å². The van der Waals surface area contributed by atoms with E-state index in [4.69, 9.17) is 0 Å². The normalized spacial score (nSPS) is 10.4. The average Bonchev–Trinajstić information content (AvgIpc) is 2.84. The fraction of sp³-hybridized carbons (Fsp3) is 0.385. The molecule has 0 saturated carbocycles. The zero-order valence-electron chi connectivity index (χ0n) is 10.0. The molecule has 0 atom stereocenters. The van der Waals surface area contributed by atoms with Crippen molar-refractivity contribution in [1.29, 1.82) is 0 Å². The number of hydrogen-bond acceptors (Lipinski definition) is 4. The summed E-state index contributed by atoms with van der Waals surface area (Å²) in [4.78, 5) is 4.37. The molecule has 0 bridgehead atoms. The van der Waals surface area contributed by atoms with Crippen LogP contribution in [0.4, 0.5) is 5.13 Å². The molecule has 0 saturated heterocycles. The lowest BCUT2D eigenvalue weighted by Crippen LogP contribution is -2.02. The molecular weight excluding hydrogens is 230 g/mol. The van der Waals surface area contributed by atoms with Gasteiger partial charge in [-0.25, -0.2) is 4.98 Å². The standard InChI is InChI=1S/C13H17N3S/c1-2-12-15-13(17-16-12)14-10-6-9-11-7-4-3-5-8-11/h3-5,7-8H,2,6,9-10H2,1H3,(H,14,15,16). The molecule has 0 spiro atoms. The number of rotatable bonds is 6. The quantitative estimate of drug-likeness (QED) is 0.797. The van der Waals surface area contributed by atoms with Crippen molar-refractivity contribution >= 4 is 16.7 Å². The van der Waals surface area contributed by atoms with Crippen LogP contribution in [0.1, 0.15) is 24.7 Å². The summed E-state index contributed by atoms with van der Waals surface area (Å²) in [5.74, 6) is 0.931. The number of aromatic nitrogens is 2. The van der Waals surface area contributed by atoms with Crippen molar-refractivity contribution in [2.45, 2.75) is 26.2 Å². The van der Waals surface area contributed by atoms with E-state index in [1.54, 1.807) is 0 Å². The first-order valence-electron chi connectivity index (χ1n) is 5.99. The van der Waals surface area contributed by atoms with Crippen LogP contribution < -0.4 is 5.32 Å². The van der Waals surface area contributed by atoms with E-state index >= 15 is 0 Å². The Morgan fingerprint density at radius 2 is 2.06 bits per heavy atom. The molecule has 2 rings (SSSR count). The highest BCUT2D eigenvalue weighted by molar-refractivity contribution is 7.09. The second-order valence-electron chi connectivity index (χ2n) is 3.89. The summed E-state index contributed by atoms with van der Waals surface area (Å²) in [6.07, 6.45) is 3.13. The van der Waals surface area contributed by atoms with Crippen LogP contribution in [0.5, 0.6) is 0 Å². The molecule has 17 heavy (non-hydrogen) atoms. The SMILES string of the molecule is CCc1nsc(NCCCc2ccccc2)n1. The van der Waals surface area contributed by atoms with E-state index < -0.39 is 0 Å². The van der Waals surface area contributed by atoms with Gasteiger partial charge in [-0.05, 0) is 18.4 Å². The maximum absolute atomic E-state index is 4.37. The topological polar surface area (TPSA) is 37.8 Å². The smallest absolute Gasteiger partial charge is 0.202 e. The Bertz CT molecular complexity index is 439. The first-order valence-corrected chi connectivity index (χ1v) is 6.76. The van der Waals surface area contributed by atoms with Crippen LogP contribution in [0.25, 0.3) is 0 Å². The molecule has 1 heterocycles. The van der Waals surface area contributed by atoms with E-state index in [1.165, 1.54) is 17.1 Å². The molecule has 3 nitrogen and oxygen atoms in total. The van der Waals surface area contributed by atoms with Crippen molar-refractivity contribution in [2.24, 2.45) is 0 Å². The van der Waals surface area contributed by atoms with E-state index in [0.29, 0.717) is 0 Å². The van der Waals surface area contributed by atoms with Gasteiger partial charge in [0, 0.05) is 24.5 Å².